The van der Waals surface area contributed by atoms with Gasteiger partial charge in [0.1, 0.15) is 5.82 Å². The Morgan fingerprint density at radius 3 is 2.64 bits per heavy atom. The van der Waals surface area contributed by atoms with Crippen LogP contribution in [0.4, 0.5) is 5.82 Å². The summed E-state index contributed by atoms with van der Waals surface area (Å²) in [4.78, 5) is 11.2. The molecule has 3 aromatic rings. The van der Waals surface area contributed by atoms with E-state index in [4.69, 9.17) is 0 Å². The lowest BCUT2D eigenvalue weighted by Gasteiger charge is -2.16. The van der Waals surface area contributed by atoms with Gasteiger partial charge in [-0.25, -0.2) is 4.98 Å². The highest BCUT2D eigenvalue weighted by Crippen LogP contribution is 2.17. The van der Waals surface area contributed by atoms with Gasteiger partial charge in [-0.1, -0.05) is 12.1 Å². The highest BCUT2D eigenvalue weighted by Gasteiger charge is 2.13. The molecule has 148 valence electrons. The number of aromatic nitrogens is 4. The van der Waals surface area contributed by atoms with E-state index in [0.29, 0.717) is 19.0 Å². The average Bonchev–Trinajstić information content (AvgIpc) is 3.39. The minimum Gasteiger partial charge on any atom is -0.357 e. The first-order valence-electron chi connectivity index (χ1n) is 9.26. The van der Waals surface area contributed by atoms with E-state index in [9.17, 15) is 0 Å². The molecule has 0 saturated carbocycles. The monoisotopic (exact) mass is 492 g/mol. The van der Waals surface area contributed by atoms with Gasteiger partial charge in [-0.15, -0.1) is 34.2 Å². The zero-order valence-electron chi connectivity index (χ0n) is 15.9. The van der Waals surface area contributed by atoms with Crippen molar-refractivity contribution in [1.82, 2.24) is 30.2 Å². The van der Waals surface area contributed by atoms with Crippen LogP contribution in [-0.2, 0) is 13.1 Å². The second kappa shape index (κ2) is 9.67. The minimum atomic E-state index is 0. The van der Waals surface area contributed by atoms with Crippen molar-refractivity contribution >= 4 is 41.4 Å². The Hall–Kier alpha value is -2.43. The summed E-state index contributed by atoms with van der Waals surface area (Å²) < 4.78 is 1.96. The van der Waals surface area contributed by atoms with Crippen LogP contribution in [-0.4, -0.2) is 45.7 Å². The summed E-state index contributed by atoms with van der Waals surface area (Å²) in [6, 6.07) is 10.1. The van der Waals surface area contributed by atoms with E-state index in [1.807, 2.05) is 35.0 Å². The van der Waals surface area contributed by atoms with Crippen LogP contribution in [0.3, 0.4) is 0 Å². The fraction of sp³-hybridized carbons (Fsp3) is 0.368. The third-order valence-electron chi connectivity index (χ3n) is 4.72. The number of nitrogens with one attached hydrogen (secondary N) is 2. The van der Waals surface area contributed by atoms with Gasteiger partial charge in [-0.3, -0.25) is 9.39 Å². The number of aliphatic imine (C=N–C) groups is 1. The van der Waals surface area contributed by atoms with E-state index in [0.717, 1.165) is 35.9 Å². The van der Waals surface area contributed by atoms with Crippen molar-refractivity contribution in [2.24, 2.45) is 4.99 Å². The number of fused-ring (bicyclic) bond motifs is 1. The Kier molecular flexibility index (Phi) is 7.01. The summed E-state index contributed by atoms with van der Waals surface area (Å²) in [6.45, 7) is 3.42. The van der Waals surface area contributed by atoms with Crippen molar-refractivity contribution < 1.29 is 0 Å². The van der Waals surface area contributed by atoms with Gasteiger partial charge >= 0.3 is 0 Å². The minimum absolute atomic E-state index is 0. The van der Waals surface area contributed by atoms with Gasteiger partial charge in [-0.05, 0) is 36.6 Å². The number of anilines is 1. The summed E-state index contributed by atoms with van der Waals surface area (Å²) >= 11 is 0. The molecule has 0 aliphatic carbocycles. The second-order valence-electron chi connectivity index (χ2n) is 6.54. The summed E-state index contributed by atoms with van der Waals surface area (Å²) in [5, 5.41) is 15.0. The number of hydrogen-bond acceptors (Lipinski definition) is 5. The summed E-state index contributed by atoms with van der Waals surface area (Å²) in [6.07, 6.45) is 6.40. The lowest BCUT2D eigenvalue weighted by molar-refractivity contribution is 0.761. The zero-order valence-corrected chi connectivity index (χ0v) is 18.2. The van der Waals surface area contributed by atoms with Gasteiger partial charge in [-0.2, -0.15) is 0 Å². The van der Waals surface area contributed by atoms with Crippen LogP contribution >= 0.6 is 24.0 Å². The largest absolute Gasteiger partial charge is 0.357 e. The van der Waals surface area contributed by atoms with Crippen molar-refractivity contribution in [2.45, 2.75) is 25.9 Å². The predicted molar refractivity (Wildman–Crippen MR) is 121 cm³/mol. The SMILES string of the molecule is CN=C(NCc1ccc(N2CCCC2)nc1)NCc1nnc2ccccn12.I. The highest BCUT2D eigenvalue weighted by molar-refractivity contribution is 14.0. The molecule has 0 radical (unpaired) electrons. The molecule has 0 bridgehead atoms. The number of nitrogens with zero attached hydrogens (tertiary/aromatic N) is 6. The van der Waals surface area contributed by atoms with Crippen molar-refractivity contribution in [3.05, 3.63) is 54.1 Å². The molecule has 4 rings (SSSR count). The summed E-state index contributed by atoms with van der Waals surface area (Å²) in [7, 11) is 1.76. The molecule has 0 spiro atoms. The first kappa shape index (κ1) is 20.3. The summed E-state index contributed by atoms with van der Waals surface area (Å²) in [5.74, 6) is 2.62. The maximum atomic E-state index is 4.59. The Morgan fingerprint density at radius 1 is 1.07 bits per heavy atom. The molecule has 0 unspecified atom stereocenters. The van der Waals surface area contributed by atoms with Crippen molar-refractivity contribution in [3.63, 3.8) is 0 Å². The molecular weight excluding hydrogens is 467 g/mol. The third kappa shape index (κ3) is 4.70. The fourth-order valence-corrected chi connectivity index (χ4v) is 3.24. The molecule has 0 aromatic carbocycles. The van der Waals surface area contributed by atoms with Gasteiger partial charge in [0, 0.05) is 39.1 Å². The molecule has 1 aliphatic heterocycles. The van der Waals surface area contributed by atoms with Gasteiger partial charge in [0.25, 0.3) is 0 Å². The third-order valence-corrected chi connectivity index (χ3v) is 4.72. The number of hydrogen-bond donors (Lipinski definition) is 2. The Bertz CT molecular complexity index is 915. The van der Waals surface area contributed by atoms with E-state index >= 15 is 0 Å². The molecule has 28 heavy (non-hydrogen) atoms. The van der Waals surface area contributed by atoms with Crippen LogP contribution < -0.4 is 15.5 Å². The lowest BCUT2D eigenvalue weighted by Crippen LogP contribution is -2.36. The number of pyridine rings is 2. The van der Waals surface area contributed by atoms with Crippen LogP contribution in [0.1, 0.15) is 24.2 Å². The number of halogens is 1. The standard InChI is InChI=1S/C19H24N8.HI/c1-20-19(23-14-18-25-24-17-6-2-3-11-27(17)18)22-13-15-7-8-16(21-12-15)26-9-4-5-10-26;/h2-3,6-8,11-12H,4-5,9-10,13-14H2,1H3,(H2,20,22,23);1H. The Morgan fingerprint density at radius 2 is 1.89 bits per heavy atom. The normalized spacial score (nSPS) is 14.2. The molecule has 3 aromatic heterocycles. The second-order valence-corrected chi connectivity index (χ2v) is 6.54. The molecule has 2 N–H and O–H groups in total. The van der Waals surface area contributed by atoms with Crippen LogP contribution in [0.25, 0.3) is 5.65 Å². The van der Waals surface area contributed by atoms with E-state index in [2.05, 4.69) is 47.8 Å². The highest BCUT2D eigenvalue weighted by atomic mass is 127. The quantitative estimate of drug-likeness (QED) is 0.323. The molecule has 1 saturated heterocycles. The number of rotatable bonds is 5. The molecule has 1 aliphatic rings. The van der Waals surface area contributed by atoms with Crippen LogP contribution in [0, 0.1) is 0 Å². The van der Waals surface area contributed by atoms with Crippen molar-refractivity contribution in [3.8, 4) is 0 Å². The fourth-order valence-electron chi connectivity index (χ4n) is 3.24. The van der Waals surface area contributed by atoms with E-state index in [1.165, 1.54) is 12.8 Å². The van der Waals surface area contributed by atoms with E-state index in [-0.39, 0.29) is 24.0 Å². The van der Waals surface area contributed by atoms with Gasteiger partial charge in [0.15, 0.2) is 17.4 Å². The first-order valence-corrected chi connectivity index (χ1v) is 9.26. The molecular formula is C19H25IN8. The summed E-state index contributed by atoms with van der Waals surface area (Å²) in [5.41, 5.74) is 1.95. The predicted octanol–water partition coefficient (Wildman–Crippen LogP) is 2.21. The van der Waals surface area contributed by atoms with Crippen LogP contribution in [0.5, 0.6) is 0 Å². The molecule has 0 amide bonds. The Balaban J connectivity index is 0.00000225. The smallest absolute Gasteiger partial charge is 0.191 e. The van der Waals surface area contributed by atoms with E-state index < -0.39 is 0 Å². The van der Waals surface area contributed by atoms with Crippen molar-refractivity contribution in [2.75, 3.05) is 25.0 Å². The van der Waals surface area contributed by atoms with Crippen molar-refractivity contribution in [1.29, 1.82) is 0 Å². The molecule has 9 heteroatoms. The molecule has 8 nitrogen and oxygen atoms in total. The number of guanidine groups is 1. The zero-order chi connectivity index (χ0) is 18.5. The van der Waals surface area contributed by atoms with Crippen LogP contribution in [0.15, 0.2) is 47.7 Å². The maximum Gasteiger partial charge on any atom is 0.191 e. The lowest BCUT2D eigenvalue weighted by atomic mass is 10.3. The average molecular weight is 492 g/mol. The van der Waals surface area contributed by atoms with Crippen LogP contribution in [0.2, 0.25) is 0 Å². The Labute approximate surface area is 181 Å². The van der Waals surface area contributed by atoms with Gasteiger partial charge < -0.3 is 15.5 Å². The van der Waals surface area contributed by atoms with Gasteiger partial charge in [0.2, 0.25) is 0 Å². The molecule has 0 atom stereocenters. The maximum absolute atomic E-state index is 4.59. The topological polar surface area (TPSA) is 82.7 Å². The van der Waals surface area contributed by atoms with Gasteiger partial charge in [0.05, 0.1) is 6.54 Å². The van der Waals surface area contributed by atoms with E-state index in [1.54, 1.807) is 7.05 Å². The molecule has 1 fully saturated rings. The molecule has 4 heterocycles. The first-order chi connectivity index (χ1) is 13.3.